The van der Waals surface area contributed by atoms with Crippen LogP contribution in [-0.4, -0.2) is 25.6 Å². The van der Waals surface area contributed by atoms with Crippen LogP contribution in [0.2, 0.25) is 0 Å². The van der Waals surface area contributed by atoms with Crippen LogP contribution in [0.15, 0.2) is 29.2 Å². The van der Waals surface area contributed by atoms with Gasteiger partial charge in [-0.05, 0) is 30.7 Å². The molecule has 0 bridgehead atoms. The predicted octanol–water partition coefficient (Wildman–Crippen LogP) is 1.34. The molecule has 0 radical (unpaired) electrons. The van der Waals surface area contributed by atoms with Gasteiger partial charge in [-0.15, -0.1) is 0 Å². The molecular formula is C12H16N2O3S2. The number of carbonyl (C=O) groups is 1. The molecule has 0 saturated heterocycles. The molecule has 0 saturated carbocycles. The van der Waals surface area contributed by atoms with Gasteiger partial charge in [0.1, 0.15) is 0 Å². The second-order valence-corrected chi connectivity index (χ2v) is 6.64. The zero-order chi connectivity index (χ0) is 14.6. The summed E-state index contributed by atoms with van der Waals surface area (Å²) in [6.45, 7) is 1.82. The van der Waals surface area contributed by atoms with E-state index in [1.807, 2.05) is 6.92 Å². The first-order chi connectivity index (χ1) is 8.75. The molecule has 0 fully saturated rings. The van der Waals surface area contributed by atoms with Crippen molar-refractivity contribution in [2.75, 3.05) is 11.6 Å². The lowest BCUT2D eigenvalue weighted by molar-refractivity contribution is -0.118. The highest BCUT2D eigenvalue weighted by molar-refractivity contribution is 7.90. The van der Waals surface area contributed by atoms with Crippen LogP contribution in [-0.2, 0) is 14.6 Å². The van der Waals surface area contributed by atoms with Crippen LogP contribution >= 0.6 is 12.2 Å². The highest BCUT2D eigenvalue weighted by Gasteiger charge is 2.19. The third-order valence-electron chi connectivity index (χ3n) is 2.62. The van der Waals surface area contributed by atoms with Gasteiger partial charge in [-0.1, -0.05) is 19.1 Å². The molecular weight excluding hydrogens is 284 g/mol. The van der Waals surface area contributed by atoms with Crippen molar-refractivity contribution in [1.82, 2.24) is 0 Å². The second-order valence-electron chi connectivity index (χ2n) is 4.15. The molecule has 1 amide bonds. The maximum atomic E-state index is 11.9. The lowest BCUT2D eigenvalue weighted by Gasteiger charge is -2.13. The minimum atomic E-state index is -3.24. The first-order valence-electron chi connectivity index (χ1n) is 5.66. The fourth-order valence-corrected chi connectivity index (χ4v) is 2.43. The lowest BCUT2D eigenvalue weighted by atomic mass is 10.1. The van der Waals surface area contributed by atoms with Gasteiger partial charge in [-0.3, -0.25) is 4.79 Å². The Morgan fingerprint density at radius 2 is 1.89 bits per heavy atom. The number of nitrogens with one attached hydrogen (secondary N) is 1. The lowest BCUT2D eigenvalue weighted by Crippen LogP contribution is -2.32. The largest absolute Gasteiger partial charge is 0.393 e. The number of anilines is 1. The van der Waals surface area contributed by atoms with Gasteiger partial charge in [0, 0.05) is 11.9 Å². The van der Waals surface area contributed by atoms with E-state index in [1.165, 1.54) is 24.3 Å². The van der Waals surface area contributed by atoms with E-state index in [4.69, 9.17) is 18.0 Å². The van der Waals surface area contributed by atoms with Crippen molar-refractivity contribution in [3.63, 3.8) is 0 Å². The molecule has 19 heavy (non-hydrogen) atoms. The van der Waals surface area contributed by atoms with Crippen molar-refractivity contribution >= 4 is 38.6 Å². The Labute approximate surface area is 118 Å². The van der Waals surface area contributed by atoms with E-state index in [-0.39, 0.29) is 15.8 Å². The zero-order valence-electron chi connectivity index (χ0n) is 10.7. The molecule has 0 heterocycles. The number of rotatable bonds is 5. The standard InChI is InChI=1S/C12H16N2O3S2/c1-3-10(11(13)18)12(15)14-8-4-6-9(7-5-8)19(2,16)17/h4-7,10H,3H2,1-2H3,(H2,13,18)(H,14,15). The molecule has 1 aromatic rings. The van der Waals surface area contributed by atoms with E-state index in [0.29, 0.717) is 12.1 Å². The van der Waals surface area contributed by atoms with E-state index in [0.717, 1.165) is 6.26 Å². The van der Waals surface area contributed by atoms with Gasteiger partial charge in [-0.2, -0.15) is 0 Å². The Hall–Kier alpha value is -1.47. The number of sulfone groups is 1. The van der Waals surface area contributed by atoms with Crippen LogP contribution in [0.25, 0.3) is 0 Å². The number of hydrogen-bond acceptors (Lipinski definition) is 4. The van der Waals surface area contributed by atoms with Crippen molar-refractivity contribution < 1.29 is 13.2 Å². The van der Waals surface area contributed by atoms with E-state index in [9.17, 15) is 13.2 Å². The number of amides is 1. The fraction of sp³-hybridized carbons (Fsp3) is 0.333. The minimum Gasteiger partial charge on any atom is -0.393 e. The molecule has 1 aromatic carbocycles. The average Bonchev–Trinajstić information content (AvgIpc) is 2.28. The van der Waals surface area contributed by atoms with Crippen LogP contribution in [0.3, 0.4) is 0 Å². The van der Waals surface area contributed by atoms with Gasteiger partial charge in [0.2, 0.25) is 5.91 Å². The van der Waals surface area contributed by atoms with Gasteiger partial charge < -0.3 is 11.1 Å². The van der Waals surface area contributed by atoms with Gasteiger partial charge in [-0.25, -0.2) is 8.42 Å². The molecule has 0 spiro atoms. The summed E-state index contributed by atoms with van der Waals surface area (Å²) in [5.41, 5.74) is 5.98. The molecule has 3 N–H and O–H groups in total. The van der Waals surface area contributed by atoms with Gasteiger partial charge in [0.05, 0.1) is 15.8 Å². The Bertz CT molecular complexity index is 579. The van der Waals surface area contributed by atoms with Crippen molar-refractivity contribution in [1.29, 1.82) is 0 Å². The molecule has 0 aliphatic rings. The number of thiocarbonyl (C=S) groups is 1. The molecule has 1 unspecified atom stereocenters. The summed E-state index contributed by atoms with van der Waals surface area (Å²) in [6, 6.07) is 5.93. The third kappa shape index (κ3) is 4.29. The summed E-state index contributed by atoms with van der Waals surface area (Å²) in [5, 5.41) is 2.65. The maximum absolute atomic E-state index is 11.9. The van der Waals surface area contributed by atoms with Crippen molar-refractivity contribution in [2.45, 2.75) is 18.2 Å². The predicted molar refractivity (Wildman–Crippen MR) is 78.7 cm³/mol. The summed E-state index contributed by atoms with van der Waals surface area (Å²) in [4.78, 5) is 12.2. The molecule has 0 aromatic heterocycles. The summed E-state index contributed by atoms with van der Waals surface area (Å²) in [5.74, 6) is -0.813. The minimum absolute atomic E-state index is 0.146. The number of carbonyl (C=O) groups excluding carboxylic acids is 1. The van der Waals surface area contributed by atoms with Crippen molar-refractivity contribution in [3.05, 3.63) is 24.3 Å². The van der Waals surface area contributed by atoms with E-state index in [2.05, 4.69) is 5.32 Å². The summed E-state index contributed by atoms with van der Waals surface area (Å²) >= 11 is 4.82. The average molecular weight is 300 g/mol. The molecule has 7 heteroatoms. The maximum Gasteiger partial charge on any atom is 0.234 e. The SMILES string of the molecule is CCC(C(=O)Nc1ccc(S(C)(=O)=O)cc1)C(N)=S. The molecule has 104 valence electrons. The third-order valence-corrected chi connectivity index (χ3v) is 4.03. The van der Waals surface area contributed by atoms with Gasteiger partial charge in [0.15, 0.2) is 9.84 Å². The molecule has 0 aliphatic carbocycles. The zero-order valence-corrected chi connectivity index (χ0v) is 12.3. The van der Waals surface area contributed by atoms with Gasteiger partial charge >= 0.3 is 0 Å². The first kappa shape index (κ1) is 15.6. The molecule has 5 nitrogen and oxygen atoms in total. The van der Waals surface area contributed by atoms with Gasteiger partial charge in [0.25, 0.3) is 0 Å². The smallest absolute Gasteiger partial charge is 0.234 e. The van der Waals surface area contributed by atoms with Crippen LogP contribution in [0.4, 0.5) is 5.69 Å². The van der Waals surface area contributed by atoms with Crippen LogP contribution < -0.4 is 11.1 Å². The van der Waals surface area contributed by atoms with Crippen molar-refractivity contribution in [2.24, 2.45) is 11.7 Å². The topological polar surface area (TPSA) is 89.3 Å². The summed E-state index contributed by atoms with van der Waals surface area (Å²) < 4.78 is 22.6. The Morgan fingerprint density at radius 1 is 1.37 bits per heavy atom. The highest BCUT2D eigenvalue weighted by atomic mass is 32.2. The number of benzene rings is 1. The first-order valence-corrected chi connectivity index (χ1v) is 7.96. The Balaban J connectivity index is 2.84. The molecule has 1 rings (SSSR count). The Kier molecular flexibility index (Phi) is 5.02. The quantitative estimate of drug-likeness (QED) is 0.801. The van der Waals surface area contributed by atoms with E-state index < -0.39 is 15.8 Å². The summed E-state index contributed by atoms with van der Waals surface area (Å²) in [7, 11) is -3.24. The van der Waals surface area contributed by atoms with E-state index in [1.54, 1.807) is 0 Å². The fourth-order valence-electron chi connectivity index (χ4n) is 1.53. The number of nitrogens with two attached hydrogens (primary N) is 1. The molecule has 1 atom stereocenters. The van der Waals surface area contributed by atoms with Crippen LogP contribution in [0.5, 0.6) is 0 Å². The van der Waals surface area contributed by atoms with E-state index >= 15 is 0 Å². The molecule has 0 aliphatic heterocycles. The number of hydrogen-bond donors (Lipinski definition) is 2. The highest BCUT2D eigenvalue weighted by Crippen LogP contribution is 2.15. The van der Waals surface area contributed by atoms with Crippen LogP contribution in [0, 0.1) is 5.92 Å². The Morgan fingerprint density at radius 3 is 2.26 bits per heavy atom. The monoisotopic (exact) mass is 300 g/mol. The second kappa shape index (κ2) is 6.12. The normalized spacial score (nSPS) is 12.7. The van der Waals surface area contributed by atoms with Crippen molar-refractivity contribution in [3.8, 4) is 0 Å². The van der Waals surface area contributed by atoms with Crippen LogP contribution in [0.1, 0.15) is 13.3 Å². The summed E-state index contributed by atoms with van der Waals surface area (Å²) in [6.07, 6.45) is 1.64.